The second kappa shape index (κ2) is 6.90. The van der Waals surface area contributed by atoms with Gasteiger partial charge in [0.2, 0.25) is 10.6 Å². The van der Waals surface area contributed by atoms with E-state index < -0.39 is 11.1 Å². The van der Waals surface area contributed by atoms with Crippen molar-refractivity contribution >= 4 is 34.3 Å². The third-order valence-electron chi connectivity index (χ3n) is 0.649. The Kier molecular flexibility index (Phi) is 6.61. The molecule has 1 atom stereocenters. The molecule has 1 unspecified atom stereocenters. The fourth-order valence-corrected chi connectivity index (χ4v) is 0.549. The van der Waals surface area contributed by atoms with Gasteiger partial charge in [-0.05, 0) is 39.7 Å². The van der Waals surface area contributed by atoms with Crippen molar-refractivity contribution in [3.63, 3.8) is 0 Å². The van der Waals surface area contributed by atoms with Crippen LogP contribution in [0.1, 0.15) is 0 Å². The lowest BCUT2D eigenvalue weighted by molar-refractivity contribution is 0.546. The summed E-state index contributed by atoms with van der Waals surface area (Å²) in [5.41, 5.74) is 0. The van der Waals surface area contributed by atoms with Gasteiger partial charge in [0.15, 0.2) is 0 Å². The monoisotopic (exact) mass is 240 g/mol. The van der Waals surface area contributed by atoms with Crippen molar-refractivity contribution in [2.75, 3.05) is 0 Å². The zero-order valence-electron chi connectivity index (χ0n) is 6.18. The van der Waals surface area contributed by atoms with E-state index >= 15 is 0 Å². The molecule has 8 heteroatoms. The number of aromatic nitrogens is 3. The predicted molar refractivity (Wildman–Crippen MR) is 49.0 cm³/mol. The van der Waals surface area contributed by atoms with Crippen LogP contribution in [-0.4, -0.2) is 23.7 Å². The van der Waals surface area contributed by atoms with Gasteiger partial charge >= 0.3 is 0 Å². The Labute approximate surface area is 87.1 Å². The van der Waals surface area contributed by atoms with Gasteiger partial charge in [-0.3, -0.25) is 4.21 Å². The van der Waals surface area contributed by atoms with E-state index in [1.54, 1.807) is 0 Å². The minimum atomic E-state index is -2.06. The van der Waals surface area contributed by atoms with Crippen LogP contribution in [0.25, 0.3) is 0 Å². The number of nitrogens with zero attached hydrogens (tertiary/aromatic N) is 3. The maximum absolute atomic E-state index is 9.25. The van der Waals surface area contributed by atoms with Gasteiger partial charge in [0.25, 0.3) is 0 Å². The average Bonchev–Trinajstić information content (AvgIpc) is 2.05. The summed E-state index contributed by atoms with van der Waals surface area (Å²) in [7, 11) is 0. The van der Waals surface area contributed by atoms with Gasteiger partial charge in [0, 0.05) is 0 Å². The first kappa shape index (κ1) is 12.4. The maximum atomic E-state index is 9.25. The molecular weight excluding hydrogens is 237 g/mol. The Hall–Kier alpha value is -0.560. The molecule has 0 aromatic carbocycles. The minimum Gasteiger partial charge on any atom is -0.769 e. The largest absolute Gasteiger partial charge is 0.769 e. The summed E-state index contributed by atoms with van der Waals surface area (Å²) >= 11 is 8.54. The van der Waals surface area contributed by atoms with E-state index in [1.165, 1.54) is 6.33 Å². The molecule has 0 saturated heterocycles. The molecule has 1 aromatic rings. The van der Waals surface area contributed by atoms with Gasteiger partial charge in [-0.1, -0.05) is 6.58 Å². The standard InChI is InChI=1S/C3HCl2N3.C2H4O2S/c4-2-6-1-7-3(5)8-2;1-2-5(3)4/h1H;2H,1H2,(H,3,4)/p-1. The van der Waals surface area contributed by atoms with Gasteiger partial charge in [0.1, 0.15) is 6.33 Å². The van der Waals surface area contributed by atoms with Gasteiger partial charge in [0.05, 0.1) is 0 Å². The van der Waals surface area contributed by atoms with Crippen molar-refractivity contribution in [1.82, 2.24) is 15.0 Å². The number of halogens is 2. The van der Waals surface area contributed by atoms with Crippen LogP contribution in [-0.2, 0) is 11.1 Å². The third-order valence-corrected chi connectivity index (χ3v) is 1.29. The highest BCUT2D eigenvalue weighted by atomic mass is 35.5. The van der Waals surface area contributed by atoms with E-state index in [2.05, 4.69) is 21.5 Å². The normalized spacial score (nSPS) is 11.0. The van der Waals surface area contributed by atoms with Crippen molar-refractivity contribution in [2.24, 2.45) is 0 Å². The van der Waals surface area contributed by atoms with E-state index in [-0.39, 0.29) is 10.6 Å². The lowest BCUT2D eigenvalue weighted by Crippen LogP contribution is -1.83. The molecule has 13 heavy (non-hydrogen) atoms. The molecule has 1 rings (SSSR count). The first-order valence-corrected chi connectivity index (χ1v) is 4.66. The van der Waals surface area contributed by atoms with Crippen LogP contribution < -0.4 is 0 Å². The van der Waals surface area contributed by atoms with Crippen molar-refractivity contribution in [2.45, 2.75) is 0 Å². The smallest absolute Gasteiger partial charge is 0.226 e. The molecule has 0 aliphatic carbocycles. The van der Waals surface area contributed by atoms with E-state index in [0.717, 1.165) is 5.41 Å². The molecular formula is C5H4Cl2N3O2S-. The van der Waals surface area contributed by atoms with E-state index in [0.29, 0.717) is 0 Å². The van der Waals surface area contributed by atoms with E-state index in [4.69, 9.17) is 23.2 Å². The van der Waals surface area contributed by atoms with Crippen LogP contribution in [0.3, 0.4) is 0 Å². The SMILES string of the molecule is C=CS(=O)[O-].Clc1ncnc(Cl)n1. The van der Waals surface area contributed by atoms with Crippen molar-refractivity contribution in [3.8, 4) is 0 Å². The highest BCUT2D eigenvalue weighted by Gasteiger charge is 1.89. The Morgan fingerprint density at radius 1 is 1.46 bits per heavy atom. The highest BCUT2D eigenvalue weighted by molar-refractivity contribution is 7.82. The quantitative estimate of drug-likeness (QED) is 0.690. The molecule has 0 aliphatic rings. The van der Waals surface area contributed by atoms with E-state index in [1.807, 2.05) is 0 Å². The summed E-state index contributed by atoms with van der Waals surface area (Å²) in [6.45, 7) is 2.95. The van der Waals surface area contributed by atoms with Crippen molar-refractivity contribution in [3.05, 3.63) is 28.9 Å². The Balaban J connectivity index is 0.000000252. The molecule has 0 bridgehead atoms. The number of rotatable bonds is 1. The van der Waals surface area contributed by atoms with Crippen LogP contribution in [0.2, 0.25) is 10.6 Å². The summed E-state index contributed by atoms with van der Waals surface area (Å²) in [6, 6.07) is 0. The number of hydrogen-bond donors (Lipinski definition) is 0. The highest BCUT2D eigenvalue weighted by Crippen LogP contribution is 2.00. The first-order chi connectivity index (χ1) is 6.06. The Morgan fingerprint density at radius 3 is 2.00 bits per heavy atom. The fourth-order valence-electron chi connectivity index (χ4n) is 0.258. The summed E-state index contributed by atoms with van der Waals surface area (Å²) < 4.78 is 18.5. The molecule has 72 valence electrons. The molecule has 0 aliphatic heterocycles. The van der Waals surface area contributed by atoms with Crippen LogP contribution in [0.15, 0.2) is 18.3 Å². The van der Waals surface area contributed by atoms with Gasteiger partial charge in [-0.25, -0.2) is 9.97 Å². The van der Waals surface area contributed by atoms with Crippen LogP contribution in [0.5, 0.6) is 0 Å². The molecule has 1 aromatic heterocycles. The van der Waals surface area contributed by atoms with E-state index in [9.17, 15) is 8.76 Å². The second-order valence-corrected chi connectivity index (χ2v) is 2.98. The van der Waals surface area contributed by atoms with Gasteiger partial charge in [-0.2, -0.15) is 4.98 Å². The summed E-state index contributed by atoms with van der Waals surface area (Å²) in [5.74, 6) is 0. The van der Waals surface area contributed by atoms with Crippen LogP contribution in [0.4, 0.5) is 0 Å². The fraction of sp³-hybridized carbons (Fsp3) is 0. The van der Waals surface area contributed by atoms with Crippen molar-refractivity contribution < 1.29 is 8.76 Å². The Morgan fingerprint density at radius 2 is 1.85 bits per heavy atom. The summed E-state index contributed by atoms with van der Waals surface area (Å²) in [5, 5.41) is 1.06. The van der Waals surface area contributed by atoms with Gasteiger partial charge in [-0.15, -0.1) is 0 Å². The molecule has 0 amide bonds. The Bertz CT molecular complexity index is 292. The predicted octanol–water partition coefficient (Wildman–Crippen LogP) is 1.19. The second-order valence-electron chi connectivity index (χ2n) is 1.45. The molecule has 0 radical (unpaired) electrons. The van der Waals surface area contributed by atoms with Crippen LogP contribution in [0, 0.1) is 0 Å². The summed E-state index contributed by atoms with van der Waals surface area (Å²) in [6.07, 6.45) is 1.25. The molecule has 0 saturated carbocycles. The number of hydrogen-bond acceptors (Lipinski definition) is 5. The molecule has 0 spiro atoms. The molecule has 1 heterocycles. The van der Waals surface area contributed by atoms with Crippen LogP contribution >= 0.6 is 23.2 Å². The summed E-state index contributed by atoms with van der Waals surface area (Å²) in [4.78, 5) is 10.5. The minimum absolute atomic E-state index is 0.116. The first-order valence-electron chi connectivity index (χ1n) is 2.77. The molecule has 0 N–H and O–H groups in total. The third kappa shape index (κ3) is 7.79. The molecule has 0 fully saturated rings. The lowest BCUT2D eigenvalue weighted by atomic mass is 11.1. The van der Waals surface area contributed by atoms with Crippen molar-refractivity contribution in [1.29, 1.82) is 0 Å². The lowest BCUT2D eigenvalue weighted by Gasteiger charge is -1.88. The topological polar surface area (TPSA) is 78.8 Å². The zero-order valence-corrected chi connectivity index (χ0v) is 8.51. The average molecular weight is 241 g/mol. The maximum Gasteiger partial charge on any atom is 0.226 e. The van der Waals surface area contributed by atoms with Gasteiger partial charge < -0.3 is 4.55 Å². The zero-order chi connectivity index (χ0) is 10.3. The molecule has 5 nitrogen and oxygen atoms in total.